The number of nitrogens with two attached hydrogens (primary N) is 1. The van der Waals surface area contributed by atoms with Crippen LogP contribution in [0.3, 0.4) is 0 Å². The van der Waals surface area contributed by atoms with Gasteiger partial charge < -0.3 is 11.1 Å². The maximum absolute atomic E-state index is 12.2. The van der Waals surface area contributed by atoms with Crippen molar-refractivity contribution in [3.05, 3.63) is 0 Å². The van der Waals surface area contributed by atoms with E-state index in [9.17, 15) is 4.79 Å². The van der Waals surface area contributed by atoms with Gasteiger partial charge in [-0.05, 0) is 75.5 Å². The zero-order valence-corrected chi connectivity index (χ0v) is 12.4. The van der Waals surface area contributed by atoms with E-state index in [1.165, 1.54) is 38.5 Å². The third-order valence-corrected chi connectivity index (χ3v) is 5.91. The molecular formula is C16H28N2O. The van der Waals surface area contributed by atoms with Crippen molar-refractivity contribution in [1.82, 2.24) is 5.32 Å². The average Bonchev–Trinajstić information content (AvgIpc) is 2.34. The largest absolute Gasteiger partial charge is 0.355 e. The van der Waals surface area contributed by atoms with E-state index < -0.39 is 5.41 Å². The fraction of sp³-hybridized carbons (Fsp3) is 0.938. The summed E-state index contributed by atoms with van der Waals surface area (Å²) in [6.45, 7) is 5.17. The van der Waals surface area contributed by atoms with Crippen LogP contribution in [0.4, 0.5) is 0 Å². The first-order chi connectivity index (χ1) is 8.92. The Morgan fingerprint density at radius 1 is 1.16 bits per heavy atom. The van der Waals surface area contributed by atoms with Gasteiger partial charge in [0, 0.05) is 13.1 Å². The first-order valence-electron chi connectivity index (χ1n) is 7.91. The summed E-state index contributed by atoms with van der Waals surface area (Å²) in [5, 5.41) is 3.21. The lowest BCUT2D eigenvalue weighted by molar-refractivity contribution is -0.131. The van der Waals surface area contributed by atoms with Gasteiger partial charge >= 0.3 is 0 Å². The zero-order valence-electron chi connectivity index (χ0n) is 12.4. The van der Waals surface area contributed by atoms with E-state index in [1.54, 1.807) is 0 Å². The molecule has 4 saturated carbocycles. The zero-order chi connectivity index (χ0) is 13.7. The molecule has 108 valence electrons. The van der Waals surface area contributed by atoms with Crippen LogP contribution in [0.1, 0.15) is 52.4 Å². The summed E-state index contributed by atoms with van der Waals surface area (Å²) in [5.74, 6) is 2.98. The highest BCUT2D eigenvalue weighted by Gasteiger charge is 2.50. The van der Waals surface area contributed by atoms with Crippen LogP contribution in [0.2, 0.25) is 0 Å². The van der Waals surface area contributed by atoms with Gasteiger partial charge in [0.05, 0.1) is 5.41 Å². The molecule has 0 aromatic heterocycles. The van der Waals surface area contributed by atoms with Crippen molar-refractivity contribution < 1.29 is 4.79 Å². The SMILES string of the molecule is CC(C)(CN)C(=O)NCC12CC3CC(CC(C3)C1)C2. The molecular weight excluding hydrogens is 236 g/mol. The predicted octanol–water partition coefficient (Wildman–Crippen LogP) is 2.30. The summed E-state index contributed by atoms with van der Waals surface area (Å²) < 4.78 is 0. The third kappa shape index (κ3) is 2.42. The Morgan fingerprint density at radius 3 is 2.05 bits per heavy atom. The molecule has 0 heterocycles. The molecule has 4 fully saturated rings. The van der Waals surface area contributed by atoms with Gasteiger partial charge in [0.25, 0.3) is 0 Å². The van der Waals surface area contributed by atoms with Crippen LogP contribution >= 0.6 is 0 Å². The van der Waals surface area contributed by atoms with Crippen molar-refractivity contribution >= 4 is 5.91 Å². The molecule has 4 aliphatic carbocycles. The van der Waals surface area contributed by atoms with E-state index in [4.69, 9.17) is 5.73 Å². The predicted molar refractivity (Wildman–Crippen MR) is 76.5 cm³/mol. The molecule has 4 aliphatic rings. The molecule has 0 spiro atoms. The molecule has 0 aromatic rings. The molecule has 4 rings (SSSR count). The average molecular weight is 264 g/mol. The van der Waals surface area contributed by atoms with Crippen LogP contribution in [0.15, 0.2) is 0 Å². The van der Waals surface area contributed by atoms with E-state index in [0.29, 0.717) is 12.0 Å². The quantitative estimate of drug-likeness (QED) is 0.818. The lowest BCUT2D eigenvalue weighted by Crippen LogP contribution is -2.53. The highest BCUT2D eigenvalue weighted by Crippen LogP contribution is 2.59. The normalized spacial score (nSPS) is 40.5. The summed E-state index contributed by atoms with van der Waals surface area (Å²) >= 11 is 0. The minimum absolute atomic E-state index is 0.130. The Morgan fingerprint density at radius 2 is 1.63 bits per heavy atom. The molecule has 3 heteroatoms. The fourth-order valence-corrected chi connectivity index (χ4v) is 5.11. The van der Waals surface area contributed by atoms with Gasteiger partial charge in [0.1, 0.15) is 0 Å². The molecule has 0 saturated heterocycles. The van der Waals surface area contributed by atoms with Crippen molar-refractivity contribution in [2.24, 2.45) is 34.3 Å². The first kappa shape index (κ1) is 13.4. The van der Waals surface area contributed by atoms with Gasteiger partial charge in [0.15, 0.2) is 0 Å². The topological polar surface area (TPSA) is 55.1 Å². The van der Waals surface area contributed by atoms with Crippen LogP contribution in [0.25, 0.3) is 0 Å². The Kier molecular flexibility index (Phi) is 3.16. The van der Waals surface area contributed by atoms with Crippen LogP contribution in [0, 0.1) is 28.6 Å². The standard InChI is InChI=1S/C16H28N2O/c1-15(2,9-17)14(19)18-10-16-6-11-3-12(7-16)5-13(4-11)8-16/h11-13H,3-10,17H2,1-2H3,(H,18,19). The second-order valence-corrected chi connectivity index (χ2v) is 8.19. The smallest absolute Gasteiger partial charge is 0.226 e. The van der Waals surface area contributed by atoms with E-state index in [2.05, 4.69) is 5.32 Å². The van der Waals surface area contributed by atoms with Crippen molar-refractivity contribution in [3.8, 4) is 0 Å². The van der Waals surface area contributed by atoms with Crippen molar-refractivity contribution in [3.63, 3.8) is 0 Å². The number of nitrogens with one attached hydrogen (secondary N) is 1. The molecule has 1 amide bonds. The van der Waals surface area contributed by atoms with Gasteiger partial charge in [-0.15, -0.1) is 0 Å². The van der Waals surface area contributed by atoms with Gasteiger partial charge in [0.2, 0.25) is 5.91 Å². The van der Waals surface area contributed by atoms with E-state index in [1.807, 2.05) is 13.8 Å². The molecule has 0 aromatic carbocycles. The Labute approximate surface area is 116 Å². The summed E-state index contributed by atoms with van der Waals surface area (Å²) in [6, 6.07) is 0. The summed E-state index contributed by atoms with van der Waals surface area (Å²) in [7, 11) is 0. The number of hydrogen-bond donors (Lipinski definition) is 2. The maximum atomic E-state index is 12.2. The molecule has 0 radical (unpaired) electrons. The van der Waals surface area contributed by atoms with Crippen LogP contribution < -0.4 is 11.1 Å². The maximum Gasteiger partial charge on any atom is 0.226 e. The Hall–Kier alpha value is -0.570. The summed E-state index contributed by atoms with van der Waals surface area (Å²) in [4.78, 5) is 12.2. The van der Waals surface area contributed by atoms with Gasteiger partial charge in [-0.2, -0.15) is 0 Å². The fourth-order valence-electron chi connectivity index (χ4n) is 5.11. The van der Waals surface area contributed by atoms with E-state index >= 15 is 0 Å². The van der Waals surface area contributed by atoms with Crippen molar-refractivity contribution in [1.29, 1.82) is 0 Å². The van der Waals surface area contributed by atoms with Crippen LogP contribution in [0.5, 0.6) is 0 Å². The molecule has 19 heavy (non-hydrogen) atoms. The van der Waals surface area contributed by atoms with E-state index in [-0.39, 0.29) is 5.91 Å². The highest BCUT2D eigenvalue weighted by molar-refractivity contribution is 5.82. The number of rotatable bonds is 4. The highest BCUT2D eigenvalue weighted by atomic mass is 16.2. The van der Waals surface area contributed by atoms with Gasteiger partial charge in [-0.3, -0.25) is 4.79 Å². The molecule has 0 aliphatic heterocycles. The lowest BCUT2D eigenvalue weighted by Gasteiger charge is -2.57. The molecule has 0 atom stereocenters. The minimum Gasteiger partial charge on any atom is -0.355 e. The lowest BCUT2D eigenvalue weighted by atomic mass is 9.49. The number of hydrogen-bond acceptors (Lipinski definition) is 2. The monoisotopic (exact) mass is 264 g/mol. The van der Waals surface area contributed by atoms with Crippen molar-refractivity contribution in [2.45, 2.75) is 52.4 Å². The Bertz CT molecular complexity index is 340. The van der Waals surface area contributed by atoms with E-state index in [0.717, 1.165) is 24.3 Å². The third-order valence-electron chi connectivity index (χ3n) is 5.91. The van der Waals surface area contributed by atoms with Crippen LogP contribution in [-0.2, 0) is 4.79 Å². The number of carbonyl (C=O) groups excluding carboxylic acids is 1. The Balaban J connectivity index is 1.62. The number of amides is 1. The molecule has 0 unspecified atom stereocenters. The second-order valence-electron chi connectivity index (χ2n) is 8.19. The first-order valence-corrected chi connectivity index (χ1v) is 7.91. The van der Waals surface area contributed by atoms with Crippen molar-refractivity contribution in [2.75, 3.05) is 13.1 Å². The van der Waals surface area contributed by atoms with Crippen LogP contribution in [-0.4, -0.2) is 19.0 Å². The second kappa shape index (κ2) is 4.47. The summed E-state index contributed by atoms with van der Waals surface area (Å²) in [5.41, 5.74) is 5.68. The minimum atomic E-state index is -0.428. The molecule has 3 nitrogen and oxygen atoms in total. The van der Waals surface area contributed by atoms with Gasteiger partial charge in [-0.25, -0.2) is 0 Å². The molecule has 4 bridgehead atoms. The van der Waals surface area contributed by atoms with Gasteiger partial charge in [-0.1, -0.05) is 0 Å². The summed E-state index contributed by atoms with van der Waals surface area (Å²) in [6.07, 6.45) is 8.43. The molecule has 3 N–H and O–H groups in total. The number of carbonyl (C=O) groups is 1.